The molecule has 0 aliphatic carbocycles. The van der Waals surface area contributed by atoms with Gasteiger partial charge in [0.1, 0.15) is 5.76 Å². The van der Waals surface area contributed by atoms with E-state index >= 15 is 0 Å². The van der Waals surface area contributed by atoms with Crippen LogP contribution in [0, 0.1) is 6.92 Å². The number of carbonyl (C=O) groups excluding carboxylic acids is 1. The lowest BCUT2D eigenvalue weighted by molar-refractivity contribution is 0.251. The number of aryl methyl sites for hydroxylation is 1. The highest BCUT2D eigenvalue weighted by Gasteiger charge is 2.16. The number of sulfonamides is 1. The van der Waals surface area contributed by atoms with E-state index in [1.807, 2.05) is 30.3 Å². The van der Waals surface area contributed by atoms with Crippen molar-refractivity contribution in [2.24, 2.45) is 0 Å². The van der Waals surface area contributed by atoms with E-state index in [1.54, 1.807) is 6.92 Å². The topological polar surface area (TPSA) is 113 Å². The van der Waals surface area contributed by atoms with Gasteiger partial charge in [-0.15, -0.1) is 0 Å². The van der Waals surface area contributed by atoms with Crippen LogP contribution in [-0.2, 0) is 16.6 Å². The number of carbonyl (C=O) groups is 1. The molecular formula is C18H18N4O4S. The summed E-state index contributed by atoms with van der Waals surface area (Å²) in [5.41, 5.74) is 1.44. The summed E-state index contributed by atoms with van der Waals surface area (Å²) in [6, 6.07) is 16.4. The molecule has 0 spiro atoms. The third-order valence-corrected chi connectivity index (χ3v) is 4.96. The van der Waals surface area contributed by atoms with Crippen molar-refractivity contribution >= 4 is 27.6 Å². The van der Waals surface area contributed by atoms with Gasteiger partial charge in [0.05, 0.1) is 4.90 Å². The van der Waals surface area contributed by atoms with Crippen molar-refractivity contribution in [1.82, 2.24) is 10.5 Å². The summed E-state index contributed by atoms with van der Waals surface area (Å²) >= 11 is 0. The number of urea groups is 1. The number of aromatic nitrogens is 1. The Morgan fingerprint density at radius 2 is 1.78 bits per heavy atom. The van der Waals surface area contributed by atoms with Crippen molar-refractivity contribution in [1.29, 1.82) is 0 Å². The Balaban J connectivity index is 1.58. The van der Waals surface area contributed by atoms with Gasteiger partial charge in [-0.2, -0.15) is 0 Å². The van der Waals surface area contributed by atoms with Crippen molar-refractivity contribution in [2.75, 3.05) is 10.0 Å². The minimum Gasteiger partial charge on any atom is -0.360 e. The van der Waals surface area contributed by atoms with E-state index in [1.165, 1.54) is 30.3 Å². The van der Waals surface area contributed by atoms with Crippen LogP contribution in [0.2, 0.25) is 0 Å². The number of nitrogens with one attached hydrogen (secondary N) is 3. The van der Waals surface area contributed by atoms with Gasteiger partial charge in [0.2, 0.25) is 0 Å². The summed E-state index contributed by atoms with van der Waals surface area (Å²) in [6.45, 7) is 2.05. The van der Waals surface area contributed by atoms with Crippen molar-refractivity contribution < 1.29 is 17.7 Å². The summed E-state index contributed by atoms with van der Waals surface area (Å²) in [5, 5.41) is 8.98. The second kappa shape index (κ2) is 7.92. The van der Waals surface area contributed by atoms with Gasteiger partial charge in [-0.05, 0) is 36.8 Å². The lowest BCUT2D eigenvalue weighted by Crippen LogP contribution is -2.28. The number of nitrogens with zero attached hydrogens (tertiary/aromatic N) is 1. The van der Waals surface area contributed by atoms with E-state index in [0.29, 0.717) is 18.0 Å². The van der Waals surface area contributed by atoms with Gasteiger partial charge in [-0.3, -0.25) is 4.72 Å². The summed E-state index contributed by atoms with van der Waals surface area (Å²) < 4.78 is 31.8. The monoisotopic (exact) mass is 386 g/mol. The summed E-state index contributed by atoms with van der Waals surface area (Å²) in [5.74, 6) is 0.601. The summed E-state index contributed by atoms with van der Waals surface area (Å²) in [4.78, 5) is 12.0. The van der Waals surface area contributed by atoms with Crippen LogP contribution in [0.15, 0.2) is 70.1 Å². The SMILES string of the molecule is Cc1cc(NS(=O)(=O)c2ccc(NC(=O)NCc3ccccc3)cc2)no1. The molecule has 0 atom stereocenters. The Morgan fingerprint density at radius 3 is 2.41 bits per heavy atom. The van der Waals surface area contributed by atoms with Crippen LogP contribution in [0.1, 0.15) is 11.3 Å². The van der Waals surface area contributed by atoms with Crippen LogP contribution < -0.4 is 15.4 Å². The minimum absolute atomic E-state index is 0.0402. The van der Waals surface area contributed by atoms with Crippen LogP contribution in [0.4, 0.5) is 16.3 Å². The highest BCUT2D eigenvalue weighted by Crippen LogP contribution is 2.18. The van der Waals surface area contributed by atoms with Crippen LogP contribution in [0.25, 0.3) is 0 Å². The Bertz CT molecular complexity index is 1020. The maximum absolute atomic E-state index is 12.3. The van der Waals surface area contributed by atoms with Gasteiger partial charge in [0.15, 0.2) is 5.82 Å². The molecule has 8 nitrogen and oxygen atoms in total. The highest BCUT2D eigenvalue weighted by atomic mass is 32.2. The van der Waals surface area contributed by atoms with Crippen molar-refractivity contribution in [3.05, 3.63) is 72.0 Å². The predicted molar refractivity (Wildman–Crippen MR) is 101 cm³/mol. The van der Waals surface area contributed by atoms with Crippen molar-refractivity contribution in [3.8, 4) is 0 Å². The molecule has 0 fully saturated rings. The van der Waals surface area contributed by atoms with Gasteiger partial charge in [0.25, 0.3) is 10.0 Å². The lowest BCUT2D eigenvalue weighted by Gasteiger charge is -2.09. The van der Waals surface area contributed by atoms with Gasteiger partial charge < -0.3 is 15.2 Å². The normalized spacial score (nSPS) is 11.0. The molecule has 2 aromatic carbocycles. The van der Waals surface area contributed by atoms with Crippen molar-refractivity contribution in [3.63, 3.8) is 0 Å². The third-order valence-electron chi connectivity index (χ3n) is 3.59. The molecule has 0 aliphatic rings. The van der Waals surface area contributed by atoms with Gasteiger partial charge in [0, 0.05) is 18.3 Å². The Hall–Kier alpha value is -3.33. The van der Waals surface area contributed by atoms with Crippen LogP contribution >= 0.6 is 0 Å². The lowest BCUT2D eigenvalue weighted by atomic mass is 10.2. The number of hydrogen-bond acceptors (Lipinski definition) is 5. The van der Waals surface area contributed by atoms with E-state index in [2.05, 4.69) is 20.5 Å². The molecule has 1 heterocycles. The second-order valence-corrected chi connectivity index (χ2v) is 7.43. The maximum Gasteiger partial charge on any atom is 0.319 e. The Kier molecular flexibility index (Phi) is 5.41. The first-order valence-corrected chi connectivity index (χ1v) is 9.56. The standard InChI is InChI=1S/C18H18N4O4S/c1-13-11-17(21-26-13)22-27(24,25)16-9-7-15(8-10-16)20-18(23)19-12-14-5-3-2-4-6-14/h2-11H,12H2,1H3,(H,21,22)(H2,19,20,23). The molecule has 27 heavy (non-hydrogen) atoms. The van der Waals surface area contributed by atoms with E-state index in [-0.39, 0.29) is 16.7 Å². The van der Waals surface area contributed by atoms with Crippen molar-refractivity contribution in [2.45, 2.75) is 18.4 Å². The van der Waals surface area contributed by atoms with Crippen LogP contribution in [-0.4, -0.2) is 19.6 Å². The molecule has 0 bridgehead atoms. The Labute approximate surface area is 156 Å². The minimum atomic E-state index is -3.79. The first-order valence-electron chi connectivity index (χ1n) is 8.07. The number of anilines is 2. The molecule has 0 saturated carbocycles. The molecule has 0 unspecified atom stereocenters. The summed E-state index contributed by atoms with van der Waals surface area (Å²) in [6.07, 6.45) is 0. The predicted octanol–water partition coefficient (Wildman–Crippen LogP) is 3.11. The fourth-order valence-corrected chi connectivity index (χ4v) is 3.27. The Morgan fingerprint density at radius 1 is 1.07 bits per heavy atom. The van der Waals surface area contributed by atoms with Gasteiger partial charge in [-0.1, -0.05) is 35.5 Å². The molecule has 3 N–H and O–H groups in total. The number of amides is 2. The molecule has 0 aliphatic heterocycles. The molecular weight excluding hydrogens is 368 g/mol. The van der Waals surface area contributed by atoms with Gasteiger partial charge in [-0.25, -0.2) is 13.2 Å². The fourth-order valence-electron chi connectivity index (χ4n) is 2.28. The maximum atomic E-state index is 12.3. The van der Waals surface area contributed by atoms with E-state index < -0.39 is 10.0 Å². The largest absolute Gasteiger partial charge is 0.360 e. The fraction of sp³-hybridized carbons (Fsp3) is 0.111. The molecule has 0 saturated heterocycles. The average Bonchev–Trinajstić information content (AvgIpc) is 3.05. The first kappa shape index (κ1) is 18.5. The van der Waals surface area contributed by atoms with Crippen LogP contribution in [0.5, 0.6) is 0 Å². The molecule has 3 rings (SSSR count). The zero-order valence-electron chi connectivity index (χ0n) is 14.5. The van der Waals surface area contributed by atoms with Crippen LogP contribution in [0.3, 0.4) is 0 Å². The molecule has 3 aromatic rings. The second-order valence-electron chi connectivity index (χ2n) is 5.75. The number of rotatable bonds is 6. The third kappa shape index (κ3) is 5.08. The number of benzene rings is 2. The van der Waals surface area contributed by atoms with E-state index in [0.717, 1.165) is 5.56 Å². The zero-order valence-corrected chi connectivity index (χ0v) is 15.3. The zero-order chi connectivity index (χ0) is 19.3. The first-order chi connectivity index (χ1) is 12.9. The highest BCUT2D eigenvalue weighted by molar-refractivity contribution is 7.92. The molecule has 2 amide bonds. The van der Waals surface area contributed by atoms with Gasteiger partial charge >= 0.3 is 6.03 Å². The molecule has 0 radical (unpaired) electrons. The quantitative estimate of drug-likeness (QED) is 0.602. The smallest absolute Gasteiger partial charge is 0.319 e. The number of hydrogen-bond donors (Lipinski definition) is 3. The van der Waals surface area contributed by atoms with E-state index in [9.17, 15) is 13.2 Å². The van der Waals surface area contributed by atoms with E-state index in [4.69, 9.17) is 4.52 Å². The molecule has 1 aromatic heterocycles. The molecule has 140 valence electrons. The summed E-state index contributed by atoms with van der Waals surface area (Å²) in [7, 11) is -3.79. The average molecular weight is 386 g/mol. The molecule has 9 heteroatoms.